The summed E-state index contributed by atoms with van der Waals surface area (Å²) in [5.41, 5.74) is 0.143. The lowest BCUT2D eigenvalue weighted by Crippen LogP contribution is -2.27. The molecule has 2 heterocycles. The highest BCUT2D eigenvalue weighted by Crippen LogP contribution is 2.42. The quantitative estimate of drug-likeness (QED) is 0.0216. The van der Waals surface area contributed by atoms with Crippen LogP contribution in [0.1, 0.15) is 12.5 Å². The standard InChI is InChI=1S/C43H36ClFN14O15S5/c1-20-13-31(33(74-3)18-30(20)57-59-32-17-27-22(15-36(32)79(71,72)73)14-25(76(62,63)64)16-35(27)78(68,69)70)58-56-28-11-12-29(37-26(28)5-4-6-34(37)77(65,66)67)49-43-51-38(44)50-40(54-43)46-19-21(2)47-41-52-39(45)53-42(55-41)48-23-7-9-24(10-8-23)75(60)61/h4-18,21H,19H2,1-3H3,(H,60,61)(H,62,63,64)(H,65,66,67)(H,68,69,70)(H,71,72,73)(H2,46,49,50,51,54)(H2,47,48,52,53,55)/p-1. The maximum absolute atomic E-state index is 14.4. The molecular weight excluding hydrogens is 1170 g/mol. The number of anilines is 6. The summed E-state index contributed by atoms with van der Waals surface area (Å²) in [4.78, 5) is 20.4. The number of fused-ring (bicyclic) bond motifs is 2. The van der Waals surface area contributed by atoms with Gasteiger partial charge in [-0.05, 0) is 120 Å². The fourth-order valence-electron chi connectivity index (χ4n) is 7.33. The number of benzene rings is 6. The number of hydrogen-bond acceptors (Lipinski definition) is 25. The van der Waals surface area contributed by atoms with E-state index in [1.54, 1.807) is 6.92 Å². The van der Waals surface area contributed by atoms with Crippen molar-refractivity contribution in [2.75, 3.05) is 34.9 Å². The predicted octanol–water partition coefficient (Wildman–Crippen LogP) is 7.93. The highest BCUT2D eigenvalue weighted by atomic mass is 35.5. The van der Waals surface area contributed by atoms with Crippen LogP contribution in [-0.2, 0) is 51.6 Å². The minimum Gasteiger partial charge on any atom is -0.768 e. The van der Waals surface area contributed by atoms with Crippen LogP contribution in [0.15, 0.2) is 136 Å². The number of aryl methyl sites for hydroxylation is 1. The van der Waals surface area contributed by atoms with Crippen molar-refractivity contribution < 1.29 is 69.8 Å². The lowest BCUT2D eigenvalue weighted by Gasteiger charge is -2.16. The molecule has 79 heavy (non-hydrogen) atoms. The second-order valence-electron chi connectivity index (χ2n) is 16.3. The van der Waals surface area contributed by atoms with Gasteiger partial charge in [0.05, 0.1) is 29.1 Å². The minimum absolute atomic E-state index is 0.000641. The first-order valence-corrected chi connectivity index (χ1v) is 28.9. The number of methoxy groups -OCH3 is 1. The molecule has 2 atom stereocenters. The molecule has 8 aromatic rings. The van der Waals surface area contributed by atoms with E-state index in [0.717, 1.165) is 12.1 Å². The maximum atomic E-state index is 14.4. The number of nitrogens with one attached hydrogen (secondary N) is 4. The number of aromatic nitrogens is 6. The summed E-state index contributed by atoms with van der Waals surface area (Å²) in [6.45, 7) is 3.25. The Morgan fingerprint density at radius 2 is 1.28 bits per heavy atom. The van der Waals surface area contributed by atoms with Gasteiger partial charge in [-0.15, -0.1) is 15.3 Å². The second-order valence-corrected chi connectivity index (χ2v) is 23.2. The van der Waals surface area contributed by atoms with E-state index < -0.39 is 99.7 Å². The van der Waals surface area contributed by atoms with E-state index in [-0.39, 0.29) is 79.8 Å². The first-order valence-electron chi connectivity index (χ1n) is 21.7. The lowest BCUT2D eigenvalue weighted by molar-refractivity contribution is 0.416. The van der Waals surface area contributed by atoms with Crippen LogP contribution in [-0.4, -0.2) is 110 Å². The Kier molecular flexibility index (Phi) is 16.2. The molecule has 0 fully saturated rings. The Bertz CT molecular complexity index is 4340. The fraction of sp³-hybridized carbons (Fsp3) is 0.116. The molecule has 412 valence electrons. The molecule has 2 aromatic heterocycles. The molecular formula is C43H35ClFN14O15S5-. The zero-order valence-electron chi connectivity index (χ0n) is 40.0. The van der Waals surface area contributed by atoms with Gasteiger partial charge in [-0.3, -0.25) is 22.4 Å². The number of azo groups is 2. The largest absolute Gasteiger partial charge is 0.768 e. The molecule has 0 radical (unpaired) electrons. The summed E-state index contributed by atoms with van der Waals surface area (Å²) in [7, 11) is -19.2. The Hall–Kier alpha value is -7.97. The zero-order chi connectivity index (χ0) is 57.4. The highest BCUT2D eigenvalue weighted by Gasteiger charge is 2.26. The van der Waals surface area contributed by atoms with Gasteiger partial charge in [-0.1, -0.05) is 12.1 Å². The summed E-state index contributed by atoms with van der Waals surface area (Å²) in [6, 6.07) is 17.0. The van der Waals surface area contributed by atoms with E-state index in [1.165, 1.54) is 74.7 Å². The van der Waals surface area contributed by atoms with Crippen molar-refractivity contribution in [3.05, 3.63) is 108 Å². The van der Waals surface area contributed by atoms with Crippen molar-refractivity contribution in [1.29, 1.82) is 0 Å². The van der Waals surface area contributed by atoms with Gasteiger partial charge >= 0.3 is 6.08 Å². The van der Waals surface area contributed by atoms with E-state index >= 15 is 0 Å². The molecule has 0 aliphatic heterocycles. The molecule has 6 aromatic carbocycles. The van der Waals surface area contributed by atoms with Gasteiger partial charge in [0.25, 0.3) is 40.5 Å². The van der Waals surface area contributed by atoms with E-state index in [0.29, 0.717) is 29.4 Å². The van der Waals surface area contributed by atoms with Crippen LogP contribution in [0.25, 0.3) is 21.5 Å². The summed E-state index contributed by atoms with van der Waals surface area (Å²) in [5.74, 6) is -0.623. The van der Waals surface area contributed by atoms with E-state index in [1.807, 2.05) is 0 Å². The number of rotatable bonds is 19. The number of halogens is 2. The third-order valence-electron chi connectivity index (χ3n) is 10.8. The van der Waals surface area contributed by atoms with Crippen molar-refractivity contribution in [3.8, 4) is 5.75 Å². The van der Waals surface area contributed by atoms with Crippen LogP contribution in [0.3, 0.4) is 0 Å². The molecule has 8 rings (SSSR count). The summed E-state index contributed by atoms with van der Waals surface area (Å²) in [6.07, 6.45) is -1.12. The molecule has 36 heteroatoms. The molecule has 0 bridgehead atoms. The SMILES string of the molecule is COc1cc(N=Nc2cc3c(S(=O)(=O)O)cc(S(=O)(=O)O)cc3cc2S(=O)(=O)O)c(C)cc1N=Nc1ccc(Nc2nc(Cl)nc(NCC(C)Nc3nc(F)nc(Nc4ccc(S(=O)[O-])cc4)n3)n2)c2c(S(=O)(=O)O)cccc12. The van der Waals surface area contributed by atoms with Gasteiger partial charge in [0.2, 0.25) is 29.1 Å². The molecule has 0 saturated carbocycles. The monoisotopic (exact) mass is 1200 g/mol. The molecule has 0 amide bonds. The van der Waals surface area contributed by atoms with Crippen molar-refractivity contribution in [2.24, 2.45) is 20.5 Å². The van der Waals surface area contributed by atoms with Crippen LogP contribution in [0.5, 0.6) is 5.75 Å². The average molecular weight is 1200 g/mol. The van der Waals surface area contributed by atoms with Crippen molar-refractivity contribution in [3.63, 3.8) is 0 Å². The Morgan fingerprint density at radius 3 is 1.94 bits per heavy atom. The Labute approximate surface area is 453 Å². The average Bonchev–Trinajstić information content (AvgIpc) is 3.47. The topological polar surface area (TPSA) is 442 Å². The summed E-state index contributed by atoms with van der Waals surface area (Å²) in [5, 5.41) is 26.9. The van der Waals surface area contributed by atoms with Crippen molar-refractivity contribution >= 4 is 143 Å². The van der Waals surface area contributed by atoms with E-state index in [2.05, 4.69) is 71.6 Å². The molecule has 8 N–H and O–H groups in total. The molecule has 2 unspecified atom stereocenters. The van der Waals surface area contributed by atoms with Crippen LogP contribution in [0, 0.1) is 13.0 Å². The van der Waals surface area contributed by atoms with Crippen molar-refractivity contribution in [2.45, 2.75) is 44.4 Å². The van der Waals surface area contributed by atoms with Crippen molar-refractivity contribution in [1.82, 2.24) is 29.9 Å². The van der Waals surface area contributed by atoms with Crippen LogP contribution < -0.4 is 26.0 Å². The number of hydrogen-bond donors (Lipinski definition) is 8. The van der Waals surface area contributed by atoms with Crippen LogP contribution >= 0.6 is 11.6 Å². The third-order valence-corrected chi connectivity index (χ3v) is 15.1. The normalized spacial score (nSPS) is 13.2. The second kappa shape index (κ2) is 22.4. The van der Waals surface area contributed by atoms with E-state index in [4.69, 9.17) is 16.3 Å². The molecule has 0 aliphatic carbocycles. The van der Waals surface area contributed by atoms with Gasteiger partial charge in [0, 0.05) is 45.4 Å². The molecule has 29 nitrogen and oxygen atoms in total. The summed E-state index contributed by atoms with van der Waals surface area (Å²) >= 11 is 3.83. The smallest absolute Gasteiger partial charge is 0.315 e. The zero-order valence-corrected chi connectivity index (χ0v) is 44.8. The number of nitrogens with zero attached hydrogens (tertiary/aromatic N) is 10. The van der Waals surface area contributed by atoms with Crippen LogP contribution in [0.2, 0.25) is 5.28 Å². The van der Waals surface area contributed by atoms with E-state index in [9.17, 15) is 65.0 Å². The first-order chi connectivity index (χ1) is 37.0. The lowest BCUT2D eigenvalue weighted by atomic mass is 10.1. The van der Waals surface area contributed by atoms with Gasteiger partial charge in [-0.2, -0.15) is 73.1 Å². The Morgan fingerprint density at radius 1 is 0.658 bits per heavy atom. The Balaban J connectivity index is 1.04. The third kappa shape index (κ3) is 13.7. The molecule has 0 aliphatic rings. The summed E-state index contributed by atoms with van der Waals surface area (Å²) < 4.78 is 181. The molecule has 0 saturated heterocycles. The molecule has 0 spiro atoms. The number of ether oxygens (including phenoxy) is 1. The highest BCUT2D eigenvalue weighted by molar-refractivity contribution is 7.87. The van der Waals surface area contributed by atoms with Gasteiger partial charge in [0.15, 0.2) is 0 Å². The first kappa shape index (κ1) is 57.2. The van der Waals surface area contributed by atoms with Gasteiger partial charge < -0.3 is 30.6 Å². The van der Waals surface area contributed by atoms with Gasteiger partial charge in [0.1, 0.15) is 31.8 Å². The minimum atomic E-state index is -5.22. The predicted molar refractivity (Wildman–Crippen MR) is 280 cm³/mol. The maximum Gasteiger partial charge on any atom is 0.315 e. The fourth-order valence-corrected chi connectivity index (χ4v) is 10.6. The van der Waals surface area contributed by atoms with Crippen LogP contribution in [0.4, 0.5) is 62.3 Å². The van der Waals surface area contributed by atoms with Gasteiger partial charge in [-0.25, -0.2) is 0 Å².